The first-order valence-electron chi connectivity index (χ1n) is 5.89. The molecule has 2 atom stereocenters. The average molecular weight is 224 g/mol. The van der Waals surface area contributed by atoms with E-state index in [2.05, 4.69) is 24.1 Å². The fourth-order valence-electron chi connectivity index (χ4n) is 2.39. The Balaban J connectivity index is 1.73. The molecule has 0 amide bonds. The van der Waals surface area contributed by atoms with Crippen LogP contribution in [0, 0.1) is 12.8 Å². The number of nitrogens with zero attached hydrogens (tertiary/aromatic N) is 1. The summed E-state index contributed by atoms with van der Waals surface area (Å²) < 4.78 is 0. The molecule has 15 heavy (non-hydrogen) atoms. The topological polar surface area (TPSA) is 24.9 Å². The van der Waals surface area contributed by atoms with Crippen LogP contribution in [-0.2, 0) is 6.42 Å². The minimum absolute atomic E-state index is 0.762. The summed E-state index contributed by atoms with van der Waals surface area (Å²) in [6.45, 7) is 5.57. The highest BCUT2D eigenvalue weighted by Crippen LogP contribution is 2.24. The summed E-state index contributed by atoms with van der Waals surface area (Å²) in [4.78, 5) is 5.71. The second-order valence-corrected chi connectivity index (χ2v) is 5.52. The molecule has 2 rings (SSSR count). The van der Waals surface area contributed by atoms with E-state index in [0.717, 1.165) is 24.9 Å². The number of rotatable bonds is 4. The molecule has 0 radical (unpaired) electrons. The number of aromatic nitrogens is 1. The zero-order valence-corrected chi connectivity index (χ0v) is 10.4. The van der Waals surface area contributed by atoms with Crippen molar-refractivity contribution >= 4 is 11.3 Å². The molecule has 0 spiro atoms. The third-order valence-corrected chi connectivity index (χ3v) is 4.46. The lowest BCUT2D eigenvalue weighted by Gasteiger charge is -2.16. The average Bonchev–Trinajstić information content (AvgIpc) is 2.78. The summed E-state index contributed by atoms with van der Waals surface area (Å²) in [6.07, 6.45) is 5.30. The molecule has 1 fully saturated rings. The highest BCUT2D eigenvalue weighted by atomic mass is 32.1. The summed E-state index contributed by atoms with van der Waals surface area (Å²) >= 11 is 1.78. The quantitative estimate of drug-likeness (QED) is 0.850. The van der Waals surface area contributed by atoms with E-state index in [9.17, 15) is 0 Å². The van der Waals surface area contributed by atoms with E-state index in [1.54, 1.807) is 11.3 Å². The van der Waals surface area contributed by atoms with Crippen LogP contribution in [0.2, 0.25) is 0 Å². The zero-order valence-electron chi connectivity index (χ0n) is 9.62. The van der Waals surface area contributed by atoms with Gasteiger partial charge in [0.2, 0.25) is 0 Å². The van der Waals surface area contributed by atoms with Gasteiger partial charge in [-0.25, -0.2) is 4.98 Å². The molecule has 1 aromatic heterocycles. The lowest BCUT2D eigenvalue weighted by atomic mass is 10.1. The summed E-state index contributed by atoms with van der Waals surface area (Å²) in [5.74, 6) is 0.868. The Labute approximate surface area is 96.1 Å². The smallest absolute Gasteiger partial charge is 0.0797 e. The molecule has 1 aromatic rings. The SMILES string of the molecule is Cc1ncsc1CCNC1CCCC1C. The van der Waals surface area contributed by atoms with Gasteiger partial charge in [0.15, 0.2) is 0 Å². The van der Waals surface area contributed by atoms with Crippen LogP contribution in [0.3, 0.4) is 0 Å². The Bertz CT molecular complexity index is 308. The van der Waals surface area contributed by atoms with Gasteiger partial charge in [0.25, 0.3) is 0 Å². The monoisotopic (exact) mass is 224 g/mol. The lowest BCUT2D eigenvalue weighted by molar-refractivity contribution is 0.430. The van der Waals surface area contributed by atoms with Gasteiger partial charge in [-0.3, -0.25) is 0 Å². The predicted molar refractivity (Wildman–Crippen MR) is 65.4 cm³/mol. The zero-order chi connectivity index (χ0) is 10.7. The molecule has 0 aliphatic heterocycles. The van der Waals surface area contributed by atoms with Crippen LogP contribution in [0.15, 0.2) is 5.51 Å². The van der Waals surface area contributed by atoms with Crippen LogP contribution in [0.4, 0.5) is 0 Å². The Morgan fingerprint density at radius 3 is 3.00 bits per heavy atom. The van der Waals surface area contributed by atoms with E-state index in [4.69, 9.17) is 0 Å². The van der Waals surface area contributed by atoms with Crippen LogP contribution in [0.25, 0.3) is 0 Å². The second kappa shape index (κ2) is 5.08. The number of hydrogen-bond acceptors (Lipinski definition) is 3. The molecule has 2 unspecified atom stereocenters. The van der Waals surface area contributed by atoms with Gasteiger partial charge in [0.1, 0.15) is 0 Å². The Kier molecular flexibility index (Phi) is 3.76. The molecule has 3 heteroatoms. The normalized spacial score (nSPS) is 26.0. The molecular weight excluding hydrogens is 204 g/mol. The molecule has 1 saturated carbocycles. The van der Waals surface area contributed by atoms with Crippen LogP contribution >= 0.6 is 11.3 Å². The third-order valence-electron chi connectivity index (χ3n) is 3.46. The van der Waals surface area contributed by atoms with Gasteiger partial charge in [-0.05, 0) is 32.1 Å². The number of thiazole rings is 1. The molecule has 0 bridgehead atoms. The van der Waals surface area contributed by atoms with Crippen molar-refractivity contribution in [2.75, 3.05) is 6.54 Å². The Hall–Kier alpha value is -0.410. The molecular formula is C12H20N2S. The maximum atomic E-state index is 4.27. The van der Waals surface area contributed by atoms with E-state index in [1.165, 1.54) is 29.8 Å². The van der Waals surface area contributed by atoms with Crippen molar-refractivity contribution in [2.45, 2.75) is 45.6 Å². The van der Waals surface area contributed by atoms with Crippen LogP contribution < -0.4 is 5.32 Å². The molecule has 0 aromatic carbocycles. The summed E-state index contributed by atoms with van der Waals surface area (Å²) in [7, 11) is 0. The summed E-state index contributed by atoms with van der Waals surface area (Å²) in [5, 5.41) is 3.68. The molecule has 1 aliphatic rings. The van der Waals surface area contributed by atoms with Gasteiger partial charge in [0.05, 0.1) is 11.2 Å². The molecule has 0 saturated heterocycles. The van der Waals surface area contributed by atoms with Gasteiger partial charge >= 0.3 is 0 Å². The predicted octanol–water partition coefficient (Wildman–Crippen LogP) is 2.77. The van der Waals surface area contributed by atoms with Crippen molar-refractivity contribution < 1.29 is 0 Å². The first-order valence-corrected chi connectivity index (χ1v) is 6.77. The maximum absolute atomic E-state index is 4.27. The highest BCUT2D eigenvalue weighted by Gasteiger charge is 2.22. The van der Waals surface area contributed by atoms with Gasteiger partial charge < -0.3 is 5.32 Å². The number of hydrogen-bond donors (Lipinski definition) is 1. The van der Waals surface area contributed by atoms with E-state index in [-0.39, 0.29) is 0 Å². The summed E-state index contributed by atoms with van der Waals surface area (Å²) in [6, 6.07) is 0.762. The molecule has 2 nitrogen and oxygen atoms in total. The Morgan fingerprint density at radius 2 is 2.40 bits per heavy atom. The van der Waals surface area contributed by atoms with Crippen molar-refractivity contribution in [2.24, 2.45) is 5.92 Å². The highest BCUT2D eigenvalue weighted by molar-refractivity contribution is 7.09. The minimum Gasteiger partial charge on any atom is -0.313 e. The fourth-order valence-corrected chi connectivity index (χ4v) is 3.17. The molecule has 1 N–H and O–H groups in total. The maximum Gasteiger partial charge on any atom is 0.0797 e. The second-order valence-electron chi connectivity index (χ2n) is 4.58. The van der Waals surface area contributed by atoms with Gasteiger partial charge in [-0.15, -0.1) is 11.3 Å². The van der Waals surface area contributed by atoms with E-state index < -0.39 is 0 Å². The lowest BCUT2D eigenvalue weighted by Crippen LogP contribution is -2.32. The number of aryl methyl sites for hydroxylation is 1. The molecule has 84 valence electrons. The largest absolute Gasteiger partial charge is 0.313 e. The first-order chi connectivity index (χ1) is 7.27. The van der Waals surface area contributed by atoms with E-state index >= 15 is 0 Å². The molecule has 1 heterocycles. The third kappa shape index (κ3) is 2.79. The van der Waals surface area contributed by atoms with Crippen molar-refractivity contribution in [3.63, 3.8) is 0 Å². The van der Waals surface area contributed by atoms with Gasteiger partial charge in [-0.2, -0.15) is 0 Å². The van der Waals surface area contributed by atoms with E-state index in [1.807, 2.05) is 5.51 Å². The van der Waals surface area contributed by atoms with Crippen molar-refractivity contribution in [1.29, 1.82) is 0 Å². The number of nitrogens with one attached hydrogen (secondary N) is 1. The minimum atomic E-state index is 0.762. The van der Waals surface area contributed by atoms with Crippen molar-refractivity contribution in [3.05, 3.63) is 16.1 Å². The van der Waals surface area contributed by atoms with Crippen molar-refractivity contribution in [1.82, 2.24) is 10.3 Å². The summed E-state index contributed by atoms with van der Waals surface area (Å²) in [5.41, 5.74) is 3.16. The fraction of sp³-hybridized carbons (Fsp3) is 0.750. The van der Waals surface area contributed by atoms with Crippen molar-refractivity contribution in [3.8, 4) is 0 Å². The van der Waals surface area contributed by atoms with Crippen LogP contribution in [0.1, 0.15) is 36.8 Å². The van der Waals surface area contributed by atoms with Gasteiger partial charge in [0, 0.05) is 17.5 Å². The van der Waals surface area contributed by atoms with E-state index in [0.29, 0.717) is 0 Å². The molecule has 1 aliphatic carbocycles. The standard InChI is InChI=1S/C12H20N2S/c1-9-4-3-5-11(9)13-7-6-12-10(2)14-8-15-12/h8-9,11,13H,3-7H2,1-2H3. The Morgan fingerprint density at radius 1 is 1.53 bits per heavy atom. The van der Waals surface area contributed by atoms with Gasteiger partial charge in [-0.1, -0.05) is 13.3 Å². The first kappa shape index (κ1) is 11.1. The van der Waals surface area contributed by atoms with Crippen LogP contribution in [-0.4, -0.2) is 17.6 Å². The van der Waals surface area contributed by atoms with Crippen LogP contribution in [0.5, 0.6) is 0 Å².